The van der Waals surface area contributed by atoms with Gasteiger partial charge in [-0.3, -0.25) is 9.80 Å². The minimum Gasteiger partial charge on any atom is -0.353 e. The van der Waals surface area contributed by atoms with E-state index >= 15 is 0 Å². The predicted octanol–water partition coefficient (Wildman–Crippen LogP) is 3.06. The first-order chi connectivity index (χ1) is 10.7. The van der Waals surface area contributed by atoms with Crippen LogP contribution in [0.4, 0.5) is 0 Å². The monoisotopic (exact) mass is 315 g/mol. The van der Waals surface area contributed by atoms with Crippen molar-refractivity contribution < 1.29 is 0 Å². The number of hydrogen-bond acceptors (Lipinski definition) is 3. The molecule has 3 rings (SSSR count). The molecule has 1 saturated heterocycles. The van der Waals surface area contributed by atoms with Crippen LogP contribution in [0.5, 0.6) is 0 Å². The topological polar surface area (TPSA) is 11.4 Å². The number of benzene rings is 1. The number of rotatable bonds is 5. The van der Waals surface area contributed by atoms with Gasteiger partial charge in [0, 0.05) is 63.1 Å². The van der Waals surface area contributed by atoms with Gasteiger partial charge in [0.05, 0.1) is 0 Å². The van der Waals surface area contributed by atoms with E-state index in [1.807, 2.05) is 0 Å². The molecular weight excluding hydrogens is 290 g/mol. The van der Waals surface area contributed by atoms with Crippen molar-refractivity contribution in [3.63, 3.8) is 0 Å². The maximum Gasteiger partial charge on any atom is 0.0388 e. The van der Waals surface area contributed by atoms with Crippen LogP contribution in [-0.4, -0.2) is 46.8 Å². The van der Waals surface area contributed by atoms with Crippen molar-refractivity contribution in [3.8, 4) is 0 Å². The zero-order chi connectivity index (χ0) is 15.4. The third-order valence-corrected chi connectivity index (χ3v) is 5.21. The quantitative estimate of drug-likeness (QED) is 0.786. The first-order valence-electron chi connectivity index (χ1n) is 7.92. The number of piperazine rings is 1. The third kappa shape index (κ3) is 3.94. The fourth-order valence-corrected chi connectivity index (χ4v) is 3.39. The molecule has 1 aliphatic heterocycles. The average molecular weight is 315 g/mol. The molecule has 22 heavy (non-hydrogen) atoms. The fourth-order valence-electron chi connectivity index (χ4n) is 2.98. The summed E-state index contributed by atoms with van der Waals surface area (Å²) < 4.78 is 2.22. The molecule has 2 aromatic rings. The van der Waals surface area contributed by atoms with Crippen LogP contribution in [0.1, 0.15) is 11.3 Å². The van der Waals surface area contributed by atoms with Gasteiger partial charge in [0.25, 0.3) is 0 Å². The molecule has 0 atom stereocenters. The van der Waals surface area contributed by atoms with Crippen LogP contribution in [0, 0.1) is 0 Å². The first kappa shape index (κ1) is 15.7. The van der Waals surface area contributed by atoms with Crippen LogP contribution in [0.15, 0.2) is 47.5 Å². The minimum atomic E-state index is 1.07. The van der Waals surface area contributed by atoms with E-state index in [-0.39, 0.29) is 0 Å². The van der Waals surface area contributed by atoms with Crippen LogP contribution >= 0.6 is 11.8 Å². The van der Waals surface area contributed by atoms with Gasteiger partial charge in [-0.25, -0.2) is 0 Å². The zero-order valence-corrected chi connectivity index (χ0v) is 14.4. The van der Waals surface area contributed by atoms with Gasteiger partial charge < -0.3 is 4.57 Å². The maximum absolute atomic E-state index is 2.57. The Balaban J connectivity index is 1.48. The van der Waals surface area contributed by atoms with Crippen molar-refractivity contribution in [1.29, 1.82) is 0 Å². The fraction of sp³-hybridized carbons (Fsp3) is 0.444. The van der Waals surface area contributed by atoms with E-state index in [0.717, 1.165) is 39.3 Å². The van der Waals surface area contributed by atoms with Crippen molar-refractivity contribution in [2.45, 2.75) is 18.0 Å². The highest BCUT2D eigenvalue weighted by Gasteiger charge is 2.17. The van der Waals surface area contributed by atoms with Gasteiger partial charge >= 0.3 is 0 Å². The lowest BCUT2D eigenvalue weighted by Gasteiger charge is -2.34. The summed E-state index contributed by atoms with van der Waals surface area (Å²) in [4.78, 5) is 6.47. The number of thioether (sulfide) groups is 1. The Morgan fingerprint density at radius 2 is 1.55 bits per heavy atom. The van der Waals surface area contributed by atoms with Crippen LogP contribution in [-0.2, 0) is 20.1 Å². The highest BCUT2D eigenvalue weighted by molar-refractivity contribution is 7.98. The Kier molecular flexibility index (Phi) is 5.24. The summed E-state index contributed by atoms with van der Waals surface area (Å²) in [6, 6.07) is 13.3. The van der Waals surface area contributed by atoms with Gasteiger partial charge in [0.1, 0.15) is 0 Å². The molecule has 1 aromatic heterocycles. The Morgan fingerprint density at radius 3 is 2.09 bits per heavy atom. The van der Waals surface area contributed by atoms with E-state index in [2.05, 4.69) is 70.3 Å². The molecule has 0 amide bonds. The largest absolute Gasteiger partial charge is 0.353 e. The van der Waals surface area contributed by atoms with Crippen LogP contribution < -0.4 is 0 Å². The molecule has 1 fully saturated rings. The van der Waals surface area contributed by atoms with Gasteiger partial charge in [-0.1, -0.05) is 12.1 Å². The molecule has 118 valence electrons. The summed E-state index contributed by atoms with van der Waals surface area (Å²) in [6.07, 6.45) is 4.25. The Morgan fingerprint density at radius 1 is 0.909 bits per heavy atom. The second-order valence-electron chi connectivity index (χ2n) is 6.01. The summed E-state index contributed by atoms with van der Waals surface area (Å²) in [5, 5.41) is 0. The summed E-state index contributed by atoms with van der Waals surface area (Å²) in [5.41, 5.74) is 2.83. The molecular formula is C18H25N3S. The maximum atomic E-state index is 2.57. The summed E-state index contributed by atoms with van der Waals surface area (Å²) in [5.74, 6) is 0. The Labute approximate surface area is 137 Å². The SMILES string of the molecule is CSc1ccc(CN2CCN(Cc3cccn3C)CC2)cc1. The standard InChI is InChI=1S/C18H25N3S/c1-19-9-3-4-17(19)15-21-12-10-20(11-13-21)14-16-5-7-18(22-2)8-6-16/h3-9H,10-15H2,1-2H3. The molecule has 0 unspecified atom stereocenters. The normalized spacial score (nSPS) is 17.0. The molecule has 0 N–H and O–H groups in total. The lowest BCUT2D eigenvalue weighted by molar-refractivity contribution is 0.120. The second kappa shape index (κ2) is 7.36. The van der Waals surface area contributed by atoms with Gasteiger partial charge in [-0.2, -0.15) is 0 Å². The van der Waals surface area contributed by atoms with Gasteiger partial charge in [-0.05, 0) is 36.1 Å². The van der Waals surface area contributed by atoms with Crippen molar-refractivity contribution in [1.82, 2.24) is 14.4 Å². The molecule has 0 saturated carbocycles. The number of aryl methyl sites for hydroxylation is 1. The van der Waals surface area contributed by atoms with Crippen molar-refractivity contribution >= 4 is 11.8 Å². The first-order valence-corrected chi connectivity index (χ1v) is 9.15. The van der Waals surface area contributed by atoms with Crippen LogP contribution in [0.25, 0.3) is 0 Å². The van der Waals surface area contributed by atoms with E-state index in [1.54, 1.807) is 11.8 Å². The summed E-state index contributed by atoms with van der Waals surface area (Å²) in [7, 11) is 2.13. The van der Waals surface area contributed by atoms with Gasteiger partial charge in [-0.15, -0.1) is 11.8 Å². The van der Waals surface area contributed by atoms with E-state index in [9.17, 15) is 0 Å². The molecule has 0 radical (unpaired) electrons. The van der Waals surface area contributed by atoms with Crippen LogP contribution in [0.2, 0.25) is 0 Å². The number of aromatic nitrogens is 1. The smallest absolute Gasteiger partial charge is 0.0388 e. The molecule has 1 aromatic carbocycles. The van der Waals surface area contributed by atoms with E-state index < -0.39 is 0 Å². The molecule has 0 bridgehead atoms. The van der Waals surface area contributed by atoms with E-state index in [4.69, 9.17) is 0 Å². The summed E-state index contributed by atoms with van der Waals surface area (Å²) in [6.45, 7) is 6.79. The average Bonchev–Trinajstić information content (AvgIpc) is 2.95. The van der Waals surface area contributed by atoms with E-state index in [1.165, 1.54) is 16.2 Å². The summed E-state index contributed by atoms with van der Waals surface area (Å²) >= 11 is 1.80. The lowest BCUT2D eigenvalue weighted by Crippen LogP contribution is -2.45. The zero-order valence-electron chi connectivity index (χ0n) is 13.5. The molecule has 0 spiro atoms. The molecule has 3 nitrogen and oxygen atoms in total. The third-order valence-electron chi connectivity index (χ3n) is 4.47. The molecule has 2 heterocycles. The van der Waals surface area contributed by atoms with Gasteiger partial charge in [0.2, 0.25) is 0 Å². The second-order valence-corrected chi connectivity index (χ2v) is 6.89. The van der Waals surface area contributed by atoms with Crippen molar-refractivity contribution in [2.75, 3.05) is 32.4 Å². The van der Waals surface area contributed by atoms with Gasteiger partial charge in [0.15, 0.2) is 0 Å². The molecule has 1 aliphatic rings. The molecule has 0 aliphatic carbocycles. The van der Waals surface area contributed by atoms with Crippen LogP contribution in [0.3, 0.4) is 0 Å². The molecule has 4 heteroatoms. The number of nitrogens with zero attached hydrogens (tertiary/aromatic N) is 3. The highest BCUT2D eigenvalue weighted by atomic mass is 32.2. The number of hydrogen-bond donors (Lipinski definition) is 0. The lowest BCUT2D eigenvalue weighted by atomic mass is 10.2. The minimum absolute atomic E-state index is 1.07. The predicted molar refractivity (Wildman–Crippen MR) is 94.2 cm³/mol. The van der Waals surface area contributed by atoms with Crippen molar-refractivity contribution in [3.05, 3.63) is 53.9 Å². The Hall–Kier alpha value is -1.23. The van der Waals surface area contributed by atoms with Crippen molar-refractivity contribution in [2.24, 2.45) is 7.05 Å². The highest BCUT2D eigenvalue weighted by Crippen LogP contribution is 2.17. The Bertz CT molecular complexity index is 583. The van der Waals surface area contributed by atoms with E-state index in [0.29, 0.717) is 0 Å².